The molecule has 0 saturated heterocycles. The van der Waals surface area contributed by atoms with E-state index in [4.69, 9.17) is 4.74 Å². The van der Waals surface area contributed by atoms with Crippen LogP contribution < -0.4 is 10.1 Å². The number of rotatable bonds is 5. The molecule has 2 nitrogen and oxygen atoms in total. The van der Waals surface area contributed by atoms with Crippen LogP contribution in [0.1, 0.15) is 29.7 Å². The second-order valence-corrected chi connectivity index (χ2v) is 4.80. The lowest BCUT2D eigenvalue weighted by atomic mass is 9.97. The number of halogens is 1. The predicted octanol–water partition coefficient (Wildman–Crippen LogP) is 3.84. The lowest BCUT2D eigenvalue weighted by Gasteiger charge is -2.20. The molecule has 0 fully saturated rings. The van der Waals surface area contributed by atoms with E-state index in [1.165, 1.54) is 18.7 Å². The van der Waals surface area contributed by atoms with E-state index >= 15 is 0 Å². The minimum Gasteiger partial charge on any atom is -0.494 e. The Morgan fingerprint density at radius 3 is 2.35 bits per heavy atom. The van der Waals surface area contributed by atoms with E-state index in [1.54, 1.807) is 12.1 Å². The molecule has 3 heteroatoms. The summed E-state index contributed by atoms with van der Waals surface area (Å²) in [6.45, 7) is 4.95. The topological polar surface area (TPSA) is 21.3 Å². The van der Waals surface area contributed by atoms with Gasteiger partial charge >= 0.3 is 0 Å². The fourth-order valence-corrected chi connectivity index (χ4v) is 2.25. The summed E-state index contributed by atoms with van der Waals surface area (Å²) in [5.41, 5.74) is 3.38. The van der Waals surface area contributed by atoms with Crippen molar-refractivity contribution < 1.29 is 9.13 Å². The van der Waals surface area contributed by atoms with E-state index in [0.717, 1.165) is 17.7 Å². The summed E-state index contributed by atoms with van der Waals surface area (Å²) in [5, 5.41) is 3.43. The standard InChI is InChI=1S/C17H20FNO/c1-4-19-17(13-7-5-12(2)6-8-13)14-9-10-15(18)16(11-14)20-3/h5-11,17,19H,4H2,1-3H3. The molecule has 0 aliphatic carbocycles. The van der Waals surface area contributed by atoms with Crippen LogP contribution in [0.3, 0.4) is 0 Å². The van der Waals surface area contributed by atoms with Gasteiger partial charge in [0.25, 0.3) is 0 Å². The zero-order valence-corrected chi connectivity index (χ0v) is 12.1. The van der Waals surface area contributed by atoms with Crippen LogP contribution in [-0.2, 0) is 0 Å². The molecule has 1 unspecified atom stereocenters. The van der Waals surface area contributed by atoms with Gasteiger partial charge in [0, 0.05) is 0 Å². The lowest BCUT2D eigenvalue weighted by Crippen LogP contribution is -2.22. The van der Waals surface area contributed by atoms with Gasteiger partial charge in [-0.25, -0.2) is 4.39 Å². The number of benzene rings is 2. The van der Waals surface area contributed by atoms with E-state index in [-0.39, 0.29) is 17.6 Å². The van der Waals surface area contributed by atoms with Gasteiger partial charge < -0.3 is 10.1 Å². The molecule has 2 aromatic rings. The quantitative estimate of drug-likeness (QED) is 0.893. The van der Waals surface area contributed by atoms with Crippen molar-refractivity contribution in [2.45, 2.75) is 19.9 Å². The van der Waals surface area contributed by atoms with Crippen LogP contribution in [0.2, 0.25) is 0 Å². The lowest BCUT2D eigenvalue weighted by molar-refractivity contribution is 0.385. The molecular formula is C17H20FNO. The number of hydrogen-bond acceptors (Lipinski definition) is 2. The molecule has 0 bridgehead atoms. The van der Waals surface area contributed by atoms with Crippen LogP contribution in [-0.4, -0.2) is 13.7 Å². The molecule has 0 radical (unpaired) electrons. The summed E-state index contributed by atoms with van der Waals surface area (Å²) in [6, 6.07) is 13.4. The summed E-state index contributed by atoms with van der Waals surface area (Å²) in [7, 11) is 1.48. The van der Waals surface area contributed by atoms with Crippen molar-refractivity contribution in [1.82, 2.24) is 5.32 Å². The molecular weight excluding hydrogens is 253 g/mol. The summed E-state index contributed by atoms with van der Waals surface area (Å²) >= 11 is 0. The number of ether oxygens (including phenoxy) is 1. The third-order valence-electron chi connectivity index (χ3n) is 3.33. The third kappa shape index (κ3) is 3.17. The summed E-state index contributed by atoms with van der Waals surface area (Å²) in [5.74, 6) is -0.0621. The fraction of sp³-hybridized carbons (Fsp3) is 0.294. The molecule has 0 spiro atoms. The maximum absolute atomic E-state index is 13.5. The molecule has 0 aliphatic rings. The Labute approximate surface area is 119 Å². The second-order valence-electron chi connectivity index (χ2n) is 4.80. The largest absolute Gasteiger partial charge is 0.494 e. The van der Waals surface area contributed by atoms with Gasteiger partial charge in [0.15, 0.2) is 11.6 Å². The molecule has 0 saturated carbocycles. The normalized spacial score (nSPS) is 12.2. The minimum absolute atomic E-state index is 0.0371. The van der Waals surface area contributed by atoms with Gasteiger partial charge in [0.2, 0.25) is 0 Å². The number of methoxy groups -OCH3 is 1. The van der Waals surface area contributed by atoms with Crippen molar-refractivity contribution in [2.24, 2.45) is 0 Å². The second kappa shape index (κ2) is 6.53. The predicted molar refractivity (Wildman–Crippen MR) is 79.7 cm³/mol. The van der Waals surface area contributed by atoms with E-state index in [2.05, 4.69) is 43.4 Å². The van der Waals surface area contributed by atoms with Crippen molar-refractivity contribution in [1.29, 1.82) is 0 Å². The Bertz CT molecular complexity index is 566. The molecule has 0 amide bonds. The first-order valence-electron chi connectivity index (χ1n) is 6.79. The highest BCUT2D eigenvalue weighted by atomic mass is 19.1. The Hall–Kier alpha value is -1.87. The molecule has 2 rings (SSSR count). The van der Waals surface area contributed by atoms with Crippen molar-refractivity contribution >= 4 is 0 Å². The van der Waals surface area contributed by atoms with Crippen molar-refractivity contribution in [2.75, 3.05) is 13.7 Å². The van der Waals surface area contributed by atoms with Crippen molar-refractivity contribution in [3.63, 3.8) is 0 Å². The van der Waals surface area contributed by atoms with E-state index in [0.29, 0.717) is 0 Å². The SMILES string of the molecule is CCNC(c1ccc(C)cc1)c1ccc(F)c(OC)c1. The van der Waals surface area contributed by atoms with Gasteiger partial charge in [-0.15, -0.1) is 0 Å². The molecule has 1 N–H and O–H groups in total. The Morgan fingerprint density at radius 2 is 1.75 bits per heavy atom. The van der Waals surface area contributed by atoms with Gasteiger partial charge in [-0.1, -0.05) is 42.8 Å². The van der Waals surface area contributed by atoms with E-state index < -0.39 is 0 Å². The molecule has 2 aromatic carbocycles. The minimum atomic E-state index is -0.338. The average molecular weight is 273 g/mol. The number of aryl methyl sites for hydroxylation is 1. The summed E-state index contributed by atoms with van der Waals surface area (Å²) < 4.78 is 18.6. The van der Waals surface area contributed by atoms with E-state index in [9.17, 15) is 4.39 Å². The molecule has 20 heavy (non-hydrogen) atoms. The first kappa shape index (κ1) is 14.5. The number of hydrogen-bond donors (Lipinski definition) is 1. The van der Waals surface area contributed by atoms with Gasteiger partial charge in [-0.3, -0.25) is 0 Å². The maximum atomic E-state index is 13.5. The zero-order valence-electron chi connectivity index (χ0n) is 12.1. The highest BCUT2D eigenvalue weighted by Crippen LogP contribution is 2.27. The maximum Gasteiger partial charge on any atom is 0.165 e. The van der Waals surface area contributed by atoms with Gasteiger partial charge in [-0.05, 0) is 36.7 Å². The first-order chi connectivity index (χ1) is 9.65. The Kier molecular flexibility index (Phi) is 4.74. The zero-order chi connectivity index (χ0) is 14.5. The Balaban J connectivity index is 2.39. The summed E-state index contributed by atoms with van der Waals surface area (Å²) in [4.78, 5) is 0. The molecule has 0 aliphatic heterocycles. The monoisotopic (exact) mass is 273 g/mol. The van der Waals surface area contributed by atoms with Crippen LogP contribution in [0.15, 0.2) is 42.5 Å². The van der Waals surface area contributed by atoms with Crippen LogP contribution in [0.25, 0.3) is 0 Å². The van der Waals surface area contributed by atoms with Crippen LogP contribution >= 0.6 is 0 Å². The van der Waals surface area contributed by atoms with Crippen LogP contribution in [0, 0.1) is 12.7 Å². The molecule has 0 aromatic heterocycles. The van der Waals surface area contributed by atoms with Crippen LogP contribution in [0.5, 0.6) is 5.75 Å². The van der Waals surface area contributed by atoms with Gasteiger partial charge in [-0.2, -0.15) is 0 Å². The average Bonchev–Trinajstić information content (AvgIpc) is 2.47. The van der Waals surface area contributed by atoms with Crippen LogP contribution in [0.4, 0.5) is 4.39 Å². The van der Waals surface area contributed by atoms with Gasteiger partial charge in [0.1, 0.15) is 0 Å². The molecule has 0 heterocycles. The Morgan fingerprint density at radius 1 is 1.10 bits per heavy atom. The highest BCUT2D eigenvalue weighted by Gasteiger charge is 2.15. The van der Waals surface area contributed by atoms with Crippen molar-refractivity contribution in [3.8, 4) is 5.75 Å². The van der Waals surface area contributed by atoms with Gasteiger partial charge in [0.05, 0.1) is 13.2 Å². The first-order valence-corrected chi connectivity index (χ1v) is 6.79. The molecule has 1 atom stereocenters. The fourth-order valence-electron chi connectivity index (χ4n) is 2.25. The van der Waals surface area contributed by atoms with E-state index in [1.807, 2.05) is 0 Å². The third-order valence-corrected chi connectivity index (χ3v) is 3.33. The smallest absolute Gasteiger partial charge is 0.165 e. The highest BCUT2D eigenvalue weighted by molar-refractivity contribution is 5.38. The van der Waals surface area contributed by atoms with Crippen molar-refractivity contribution in [3.05, 3.63) is 65.0 Å². The molecule has 106 valence electrons. The summed E-state index contributed by atoms with van der Waals surface area (Å²) in [6.07, 6.45) is 0. The number of nitrogens with one attached hydrogen (secondary N) is 1.